The molecule has 1 saturated heterocycles. The van der Waals surface area contributed by atoms with Crippen molar-refractivity contribution >= 4 is 5.82 Å². The Kier molecular flexibility index (Phi) is 6.33. The van der Waals surface area contributed by atoms with Gasteiger partial charge in [0.25, 0.3) is 0 Å². The van der Waals surface area contributed by atoms with Crippen molar-refractivity contribution in [1.82, 2.24) is 20.0 Å². The lowest BCUT2D eigenvalue weighted by atomic mass is 10.1. The van der Waals surface area contributed by atoms with Crippen LogP contribution in [0.2, 0.25) is 0 Å². The first-order chi connectivity index (χ1) is 12.6. The van der Waals surface area contributed by atoms with Crippen molar-refractivity contribution in [3.05, 3.63) is 41.6 Å². The Labute approximate surface area is 158 Å². The fraction of sp³-hybridized carbons (Fsp3) is 0.571. The smallest absolute Gasteiger partial charge is 0.137 e. The molecule has 0 bridgehead atoms. The van der Waals surface area contributed by atoms with Crippen LogP contribution in [0.4, 0.5) is 5.82 Å². The van der Waals surface area contributed by atoms with E-state index < -0.39 is 0 Å². The topological polar surface area (TPSA) is 36.3 Å². The van der Waals surface area contributed by atoms with Crippen LogP contribution in [-0.2, 0) is 6.54 Å². The van der Waals surface area contributed by atoms with E-state index in [-0.39, 0.29) is 0 Å². The maximum Gasteiger partial charge on any atom is 0.137 e. The number of likely N-dealkylation sites (N-methyl/N-ethyl adjacent to an activating group) is 1. The number of nitrogens with one attached hydrogen (secondary N) is 1. The Morgan fingerprint density at radius 2 is 1.77 bits per heavy atom. The first-order valence-corrected chi connectivity index (χ1v) is 9.98. The quantitative estimate of drug-likeness (QED) is 0.827. The summed E-state index contributed by atoms with van der Waals surface area (Å²) in [4.78, 5) is 5.04. The molecule has 0 amide bonds. The zero-order valence-corrected chi connectivity index (χ0v) is 16.7. The number of para-hydroxylation sites is 1. The van der Waals surface area contributed by atoms with E-state index >= 15 is 0 Å². The zero-order valence-electron chi connectivity index (χ0n) is 16.7. The Hall–Kier alpha value is -1.85. The fourth-order valence-corrected chi connectivity index (χ4v) is 3.52. The third-order valence-electron chi connectivity index (χ3n) is 5.52. The standard InChI is InChI=1S/C21H33N5/c1-5-17(3)22-16-20-18(4)23-26(19-10-8-7-9-11-19)21(20)25-14-12-24(6-2)13-15-25/h7-11,17,22H,5-6,12-16H2,1-4H3. The summed E-state index contributed by atoms with van der Waals surface area (Å²) in [5.74, 6) is 1.26. The third kappa shape index (κ3) is 4.10. The van der Waals surface area contributed by atoms with Crippen LogP contribution in [0.5, 0.6) is 0 Å². The summed E-state index contributed by atoms with van der Waals surface area (Å²) in [5, 5.41) is 8.58. The second-order valence-corrected chi connectivity index (χ2v) is 7.25. The first kappa shape index (κ1) is 18.9. The molecule has 0 saturated carbocycles. The average molecular weight is 356 g/mol. The molecular weight excluding hydrogens is 322 g/mol. The number of benzene rings is 1. The van der Waals surface area contributed by atoms with Gasteiger partial charge in [0.1, 0.15) is 5.82 Å². The lowest BCUT2D eigenvalue weighted by Gasteiger charge is -2.36. The van der Waals surface area contributed by atoms with Gasteiger partial charge in [0, 0.05) is 44.3 Å². The monoisotopic (exact) mass is 355 g/mol. The summed E-state index contributed by atoms with van der Waals surface area (Å²) < 4.78 is 2.14. The molecule has 0 radical (unpaired) electrons. The molecule has 1 fully saturated rings. The highest BCUT2D eigenvalue weighted by Crippen LogP contribution is 2.28. The minimum Gasteiger partial charge on any atom is -0.354 e. The van der Waals surface area contributed by atoms with Crippen molar-refractivity contribution in [3.8, 4) is 5.69 Å². The highest BCUT2D eigenvalue weighted by atomic mass is 15.4. The molecule has 1 aliphatic heterocycles. The van der Waals surface area contributed by atoms with Crippen molar-refractivity contribution in [2.45, 2.75) is 46.7 Å². The number of rotatable bonds is 7. The van der Waals surface area contributed by atoms with E-state index in [1.54, 1.807) is 0 Å². The van der Waals surface area contributed by atoms with Gasteiger partial charge in [-0.2, -0.15) is 5.10 Å². The number of anilines is 1. The maximum atomic E-state index is 4.92. The van der Waals surface area contributed by atoms with Gasteiger partial charge in [-0.05, 0) is 38.9 Å². The molecule has 2 heterocycles. The molecule has 1 unspecified atom stereocenters. The molecule has 142 valence electrons. The predicted molar refractivity (Wildman–Crippen MR) is 109 cm³/mol. The summed E-state index contributed by atoms with van der Waals surface area (Å²) in [6, 6.07) is 11.0. The first-order valence-electron chi connectivity index (χ1n) is 9.98. The average Bonchev–Trinajstić information content (AvgIpc) is 3.03. The van der Waals surface area contributed by atoms with Gasteiger partial charge in [-0.25, -0.2) is 4.68 Å². The maximum absolute atomic E-state index is 4.92. The van der Waals surface area contributed by atoms with E-state index in [1.807, 2.05) is 0 Å². The third-order valence-corrected chi connectivity index (χ3v) is 5.52. The van der Waals surface area contributed by atoms with E-state index in [2.05, 4.69) is 77.8 Å². The van der Waals surface area contributed by atoms with Crippen LogP contribution >= 0.6 is 0 Å². The fourth-order valence-electron chi connectivity index (χ4n) is 3.52. The molecule has 3 rings (SSSR count). The van der Waals surface area contributed by atoms with E-state index in [9.17, 15) is 0 Å². The molecule has 2 aromatic rings. The molecular formula is C21H33N5. The molecule has 5 heteroatoms. The minimum atomic E-state index is 0.513. The lowest BCUT2D eigenvalue weighted by molar-refractivity contribution is 0.270. The van der Waals surface area contributed by atoms with Gasteiger partial charge < -0.3 is 15.1 Å². The van der Waals surface area contributed by atoms with Gasteiger partial charge in [0.05, 0.1) is 11.4 Å². The number of aryl methyl sites for hydroxylation is 1. The number of piperazine rings is 1. The van der Waals surface area contributed by atoms with Gasteiger partial charge in [-0.15, -0.1) is 0 Å². The number of hydrogen-bond donors (Lipinski definition) is 1. The summed E-state index contributed by atoms with van der Waals surface area (Å²) in [7, 11) is 0. The Morgan fingerprint density at radius 3 is 2.38 bits per heavy atom. The van der Waals surface area contributed by atoms with Crippen LogP contribution in [0.15, 0.2) is 30.3 Å². The molecule has 1 atom stereocenters. The van der Waals surface area contributed by atoms with E-state index in [0.29, 0.717) is 6.04 Å². The minimum absolute atomic E-state index is 0.513. The van der Waals surface area contributed by atoms with Gasteiger partial charge in [-0.1, -0.05) is 32.0 Å². The van der Waals surface area contributed by atoms with Gasteiger partial charge in [-0.3, -0.25) is 0 Å². The predicted octanol–water partition coefficient (Wildman–Crippen LogP) is 3.21. The normalized spacial score (nSPS) is 16.8. The molecule has 1 aliphatic rings. The zero-order chi connectivity index (χ0) is 18.5. The molecule has 1 aromatic carbocycles. The van der Waals surface area contributed by atoms with Crippen molar-refractivity contribution in [1.29, 1.82) is 0 Å². The van der Waals surface area contributed by atoms with E-state index in [4.69, 9.17) is 5.10 Å². The molecule has 0 aliphatic carbocycles. The molecule has 26 heavy (non-hydrogen) atoms. The van der Waals surface area contributed by atoms with Gasteiger partial charge in [0.15, 0.2) is 0 Å². The van der Waals surface area contributed by atoms with Gasteiger partial charge in [0.2, 0.25) is 0 Å². The Bertz CT molecular complexity index is 686. The number of aromatic nitrogens is 2. The van der Waals surface area contributed by atoms with Crippen LogP contribution in [0.25, 0.3) is 5.69 Å². The van der Waals surface area contributed by atoms with Crippen LogP contribution in [-0.4, -0.2) is 53.4 Å². The van der Waals surface area contributed by atoms with E-state index in [0.717, 1.165) is 57.1 Å². The highest BCUT2D eigenvalue weighted by Gasteiger charge is 2.25. The second kappa shape index (κ2) is 8.69. The number of hydrogen-bond acceptors (Lipinski definition) is 4. The molecule has 1 N–H and O–H groups in total. The van der Waals surface area contributed by atoms with Crippen LogP contribution in [0.3, 0.4) is 0 Å². The molecule has 5 nitrogen and oxygen atoms in total. The van der Waals surface area contributed by atoms with Crippen molar-refractivity contribution in [2.75, 3.05) is 37.6 Å². The van der Waals surface area contributed by atoms with Crippen LogP contribution < -0.4 is 10.2 Å². The SMILES string of the molecule is CCC(C)NCc1c(C)nn(-c2ccccc2)c1N1CCN(CC)CC1. The highest BCUT2D eigenvalue weighted by molar-refractivity contribution is 5.55. The van der Waals surface area contributed by atoms with Crippen molar-refractivity contribution < 1.29 is 0 Å². The molecule has 0 spiro atoms. The van der Waals surface area contributed by atoms with Crippen LogP contribution in [0, 0.1) is 6.92 Å². The van der Waals surface area contributed by atoms with Crippen molar-refractivity contribution in [3.63, 3.8) is 0 Å². The second-order valence-electron chi connectivity index (χ2n) is 7.25. The summed E-state index contributed by atoms with van der Waals surface area (Å²) in [5.41, 5.74) is 3.59. The van der Waals surface area contributed by atoms with Crippen molar-refractivity contribution in [2.24, 2.45) is 0 Å². The molecule has 1 aromatic heterocycles. The summed E-state index contributed by atoms with van der Waals surface area (Å²) in [6.45, 7) is 15.2. The summed E-state index contributed by atoms with van der Waals surface area (Å²) >= 11 is 0. The largest absolute Gasteiger partial charge is 0.354 e. The Balaban J connectivity index is 1.94. The number of nitrogens with zero attached hydrogens (tertiary/aromatic N) is 4. The lowest BCUT2D eigenvalue weighted by Crippen LogP contribution is -2.47. The van der Waals surface area contributed by atoms with Crippen LogP contribution in [0.1, 0.15) is 38.4 Å². The van der Waals surface area contributed by atoms with Gasteiger partial charge >= 0.3 is 0 Å². The summed E-state index contributed by atoms with van der Waals surface area (Å²) in [6.07, 6.45) is 1.14. The van der Waals surface area contributed by atoms with E-state index in [1.165, 1.54) is 11.4 Å². The Morgan fingerprint density at radius 1 is 1.08 bits per heavy atom.